The van der Waals surface area contributed by atoms with Crippen LogP contribution in [-0.4, -0.2) is 82.3 Å². The molecule has 1 aromatic heterocycles. The number of ether oxygens (including phenoxy) is 1. The Hall–Kier alpha value is -0.950. The number of hydrogen-bond donors (Lipinski definition) is 1. The van der Waals surface area contributed by atoms with Crippen LogP contribution in [0.2, 0.25) is 0 Å². The first kappa shape index (κ1) is 16.9. The molecule has 23 heavy (non-hydrogen) atoms. The quantitative estimate of drug-likeness (QED) is 0.870. The smallest absolute Gasteiger partial charge is 0.0793 e. The molecule has 2 fully saturated rings. The molecule has 3 atom stereocenters. The zero-order valence-electron chi connectivity index (χ0n) is 14.8. The first-order valence-corrected chi connectivity index (χ1v) is 8.71. The maximum absolute atomic E-state index is 10.4. The van der Waals surface area contributed by atoms with Crippen LogP contribution in [0.15, 0.2) is 6.07 Å². The third-order valence-corrected chi connectivity index (χ3v) is 4.76. The molecular weight excluding hydrogens is 292 g/mol. The molecular formula is C17H30N4O2. The van der Waals surface area contributed by atoms with Gasteiger partial charge in [0.15, 0.2) is 0 Å². The zero-order chi connectivity index (χ0) is 16.6. The largest absolute Gasteiger partial charge is 0.390 e. The van der Waals surface area contributed by atoms with E-state index in [0.29, 0.717) is 6.04 Å². The molecule has 3 rings (SSSR count). The van der Waals surface area contributed by atoms with Gasteiger partial charge in [-0.3, -0.25) is 14.5 Å². The fourth-order valence-corrected chi connectivity index (χ4v) is 3.95. The molecule has 0 bridgehead atoms. The topological polar surface area (TPSA) is 53.8 Å². The van der Waals surface area contributed by atoms with E-state index in [1.54, 1.807) is 0 Å². The second-order valence-corrected chi connectivity index (χ2v) is 7.37. The molecule has 1 aromatic rings. The van der Waals surface area contributed by atoms with E-state index in [2.05, 4.69) is 46.4 Å². The van der Waals surface area contributed by atoms with Gasteiger partial charge in [0, 0.05) is 45.0 Å². The summed E-state index contributed by atoms with van der Waals surface area (Å²) in [6.45, 7) is 13.6. The molecule has 0 aliphatic carbocycles. The Kier molecular flexibility index (Phi) is 5.06. The summed E-state index contributed by atoms with van der Waals surface area (Å²) in [6, 6.07) is 2.58. The van der Waals surface area contributed by atoms with Gasteiger partial charge in [0.05, 0.1) is 30.0 Å². The summed E-state index contributed by atoms with van der Waals surface area (Å²) in [5.74, 6) is 0. The molecule has 130 valence electrons. The van der Waals surface area contributed by atoms with Crippen molar-refractivity contribution < 1.29 is 9.84 Å². The first-order chi connectivity index (χ1) is 10.9. The van der Waals surface area contributed by atoms with Gasteiger partial charge in [-0.05, 0) is 33.8 Å². The monoisotopic (exact) mass is 322 g/mol. The van der Waals surface area contributed by atoms with Crippen LogP contribution >= 0.6 is 0 Å². The second kappa shape index (κ2) is 6.89. The van der Waals surface area contributed by atoms with Crippen LogP contribution in [0.3, 0.4) is 0 Å². The number of rotatable bonds is 5. The standard InChI is InChI=1S/C17H30N4O2/c1-12-5-13(2)21(18-12)16-8-20(9-16)11-17(22)10-19-6-14(3)23-15(4)7-19/h5,14-17,22H,6-11H2,1-4H3/t14-,15+,17-/m0/s1. The van der Waals surface area contributed by atoms with E-state index in [1.807, 2.05) is 6.92 Å². The number of aromatic nitrogens is 2. The molecule has 0 spiro atoms. The predicted molar refractivity (Wildman–Crippen MR) is 89.6 cm³/mol. The zero-order valence-corrected chi connectivity index (χ0v) is 14.8. The van der Waals surface area contributed by atoms with Gasteiger partial charge in [-0.2, -0.15) is 5.10 Å². The first-order valence-electron chi connectivity index (χ1n) is 8.71. The van der Waals surface area contributed by atoms with Gasteiger partial charge < -0.3 is 9.84 Å². The Balaban J connectivity index is 1.42. The highest BCUT2D eigenvalue weighted by Crippen LogP contribution is 2.23. The predicted octanol–water partition coefficient (Wildman–Crippen LogP) is 0.827. The van der Waals surface area contributed by atoms with Crippen LogP contribution in [0.1, 0.15) is 31.3 Å². The van der Waals surface area contributed by atoms with Gasteiger partial charge in [0.1, 0.15) is 0 Å². The minimum Gasteiger partial charge on any atom is -0.390 e. The summed E-state index contributed by atoms with van der Waals surface area (Å²) in [4.78, 5) is 4.64. The maximum atomic E-state index is 10.4. The number of nitrogens with zero attached hydrogens (tertiary/aromatic N) is 4. The molecule has 0 saturated carbocycles. The van der Waals surface area contributed by atoms with Crippen molar-refractivity contribution in [2.45, 2.75) is 52.0 Å². The molecule has 0 unspecified atom stereocenters. The number of aryl methyl sites for hydroxylation is 2. The van der Waals surface area contributed by atoms with Crippen molar-refractivity contribution in [1.29, 1.82) is 0 Å². The van der Waals surface area contributed by atoms with Gasteiger partial charge in [-0.1, -0.05) is 0 Å². The third kappa shape index (κ3) is 4.12. The van der Waals surface area contributed by atoms with Crippen LogP contribution in [-0.2, 0) is 4.74 Å². The summed E-state index contributed by atoms with van der Waals surface area (Å²) in [5.41, 5.74) is 2.31. The molecule has 3 heterocycles. The molecule has 2 aliphatic heterocycles. The highest BCUT2D eigenvalue weighted by atomic mass is 16.5. The molecule has 0 radical (unpaired) electrons. The summed E-state index contributed by atoms with van der Waals surface area (Å²) in [5, 5.41) is 14.9. The van der Waals surface area contributed by atoms with Gasteiger partial charge in [0.2, 0.25) is 0 Å². The van der Waals surface area contributed by atoms with E-state index in [1.165, 1.54) is 5.69 Å². The van der Waals surface area contributed by atoms with Crippen molar-refractivity contribution in [1.82, 2.24) is 19.6 Å². The minimum atomic E-state index is -0.297. The molecule has 0 amide bonds. The lowest BCUT2D eigenvalue weighted by molar-refractivity contribution is -0.0798. The molecule has 6 nitrogen and oxygen atoms in total. The Labute approximate surface area is 139 Å². The summed E-state index contributed by atoms with van der Waals surface area (Å²) < 4.78 is 7.87. The number of likely N-dealkylation sites (tertiary alicyclic amines) is 1. The highest BCUT2D eigenvalue weighted by Gasteiger charge is 2.32. The molecule has 2 saturated heterocycles. The SMILES string of the molecule is Cc1cc(C)n(C2CN(C[C@@H](O)CN3C[C@@H](C)O[C@@H](C)C3)C2)n1. The summed E-state index contributed by atoms with van der Waals surface area (Å²) in [7, 11) is 0. The number of morpholine rings is 1. The van der Waals surface area contributed by atoms with E-state index in [-0.39, 0.29) is 18.3 Å². The van der Waals surface area contributed by atoms with Crippen molar-refractivity contribution in [3.63, 3.8) is 0 Å². The fourth-order valence-electron chi connectivity index (χ4n) is 3.95. The minimum absolute atomic E-state index is 0.255. The Morgan fingerprint density at radius 2 is 1.70 bits per heavy atom. The van der Waals surface area contributed by atoms with Crippen LogP contribution < -0.4 is 0 Å². The van der Waals surface area contributed by atoms with Gasteiger partial charge in [-0.25, -0.2) is 0 Å². The van der Waals surface area contributed by atoms with Crippen LogP contribution in [0.4, 0.5) is 0 Å². The van der Waals surface area contributed by atoms with Gasteiger partial charge >= 0.3 is 0 Å². The third-order valence-electron chi connectivity index (χ3n) is 4.76. The van der Waals surface area contributed by atoms with Crippen molar-refractivity contribution in [2.75, 3.05) is 39.3 Å². The normalized spacial score (nSPS) is 28.7. The number of aliphatic hydroxyl groups is 1. The number of aliphatic hydroxyl groups excluding tert-OH is 1. The number of hydrogen-bond acceptors (Lipinski definition) is 5. The highest BCUT2D eigenvalue weighted by molar-refractivity contribution is 5.09. The second-order valence-electron chi connectivity index (χ2n) is 7.37. The van der Waals surface area contributed by atoms with Gasteiger partial charge in [-0.15, -0.1) is 0 Å². The Morgan fingerprint density at radius 1 is 1.13 bits per heavy atom. The van der Waals surface area contributed by atoms with Gasteiger partial charge in [0.25, 0.3) is 0 Å². The van der Waals surface area contributed by atoms with Crippen LogP contribution in [0.5, 0.6) is 0 Å². The average molecular weight is 322 g/mol. The maximum Gasteiger partial charge on any atom is 0.0793 e. The van der Waals surface area contributed by atoms with E-state index in [4.69, 9.17) is 4.74 Å². The molecule has 1 N–H and O–H groups in total. The lowest BCUT2D eigenvalue weighted by Crippen LogP contribution is -2.54. The number of β-amino-alcohol motifs (C(OH)–C–C–N with tert-alkyl or cyclic N) is 1. The van der Waals surface area contributed by atoms with Crippen molar-refractivity contribution in [2.24, 2.45) is 0 Å². The molecule has 2 aliphatic rings. The lowest BCUT2D eigenvalue weighted by Gasteiger charge is -2.42. The Bertz CT molecular complexity index is 517. The van der Waals surface area contributed by atoms with Crippen LogP contribution in [0, 0.1) is 13.8 Å². The molecule has 6 heteroatoms. The summed E-state index contributed by atoms with van der Waals surface area (Å²) in [6.07, 6.45) is 0.213. The van der Waals surface area contributed by atoms with Crippen LogP contribution in [0.25, 0.3) is 0 Å². The molecule has 0 aromatic carbocycles. The lowest BCUT2D eigenvalue weighted by atomic mass is 10.1. The fraction of sp³-hybridized carbons (Fsp3) is 0.824. The van der Waals surface area contributed by atoms with E-state index < -0.39 is 0 Å². The van der Waals surface area contributed by atoms with Crippen molar-refractivity contribution in [3.8, 4) is 0 Å². The van der Waals surface area contributed by atoms with E-state index in [9.17, 15) is 5.11 Å². The summed E-state index contributed by atoms with van der Waals surface area (Å²) >= 11 is 0. The van der Waals surface area contributed by atoms with Crippen molar-refractivity contribution in [3.05, 3.63) is 17.5 Å². The van der Waals surface area contributed by atoms with E-state index >= 15 is 0 Å². The average Bonchev–Trinajstić information content (AvgIpc) is 2.70. The van der Waals surface area contributed by atoms with E-state index in [0.717, 1.165) is 45.0 Å². The van der Waals surface area contributed by atoms with Crippen molar-refractivity contribution >= 4 is 0 Å². The Morgan fingerprint density at radius 3 is 2.22 bits per heavy atom.